The zero-order valence-corrected chi connectivity index (χ0v) is 53.3. The van der Waals surface area contributed by atoms with Gasteiger partial charge < -0.3 is 60.3 Å². The number of rotatable bonds is 26. The summed E-state index contributed by atoms with van der Waals surface area (Å²) in [5.74, 6) is -2.49. The van der Waals surface area contributed by atoms with Crippen LogP contribution in [0.25, 0.3) is 21.8 Å². The Morgan fingerprint density at radius 1 is 0.436 bits per heavy atom. The molecule has 3 aliphatic rings. The summed E-state index contributed by atoms with van der Waals surface area (Å²) in [6.07, 6.45) is 8.54. The maximum atomic E-state index is 14.9. The second kappa shape index (κ2) is 30.9. The molecule has 8 amide bonds. The minimum Gasteiger partial charge on any atom is -0.497 e. The minimum absolute atomic E-state index is 0.169. The molecular formula is C74H82N10O10. The fourth-order valence-electron chi connectivity index (χ4n) is 13.5. The molecule has 0 radical (unpaired) electrons. The molecule has 1 saturated carbocycles. The van der Waals surface area contributed by atoms with E-state index in [0.717, 1.165) is 84.7 Å². The van der Waals surface area contributed by atoms with E-state index in [1.807, 2.05) is 121 Å². The van der Waals surface area contributed by atoms with E-state index in [-0.39, 0.29) is 49.7 Å². The lowest BCUT2D eigenvalue weighted by molar-refractivity contribution is -0.140. The molecular weight excluding hydrogens is 1190 g/mol. The maximum Gasteiger partial charge on any atom is 0.268 e. The quantitative estimate of drug-likeness (QED) is 0.0307. The van der Waals surface area contributed by atoms with Gasteiger partial charge in [-0.05, 0) is 146 Å². The minimum atomic E-state index is -0.565. The first-order chi connectivity index (χ1) is 45.8. The molecule has 2 heterocycles. The third-order valence-corrected chi connectivity index (χ3v) is 18.3. The normalized spacial score (nSPS) is 16.5. The summed E-state index contributed by atoms with van der Waals surface area (Å²) in [7, 11) is 3.17. The number of fused-ring (bicyclic) bond motifs is 4. The predicted molar refractivity (Wildman–Crippen MR) is 358 cm³/mol. The first-order valence-electron chi connectivity index (χ1n) is 32.6. The van der Waals surface area contributed by atoms with Crippen molar-refractivity contribution in [2.45, 2.75) is 114 Å². The molecule has 0 aliphatic heterocycles. The van der Waals surface area contributed by atoms with Crippen LogP contribution in [0.2, 0.25) is 0 Å². The molecule has 94 heavy (non-hydrogen) atoms. The van der Waals surface area contributed by atoms with E-state index in [9.17, 15) is 38.4 Å². The number of hydrogen-bond acceptors (Lipinski definition) is 10. The van der Waals surface area contributed by atoms with Gasteiger partial charge in [0.1, 0.15) is 62.2 Å². The Hall–Kier alpha value is -10.2. The topological polar surface area (TPSA) is 244 Å². The highest BCUT2D eigenvalue weighted by Gasteiger charge is 2.33. The van der Waals surface area contributed by atoms with Gasteiger partial charge in [-0.2, -0.15) is 0 Å². The Labute approximate surface area is 547 Å². The van der Waals surface area contributed by atoms with Gasteiger partial charge in [-0.3, -0.25) is 38.4 Å². The van der Waals surface area contributed by atoms with Crippen molar-refractivity contribution in [2.24, 2.45) is 0 Å². The van der Waals surface area contributed by atoms with Crippen LogP contribution >= 0.6 is 0 Å². The highest BCUT2D eigenvalue weighted by atomic mass is 16.5. The standard InChI is InChI=1S/C74H82N10O10/c1-93-55-25-13-17-49(39-55)35-37-75-67(85)43-81(45-69(87)77-59-31-15-23-51-19-3-7-27-57(51)59)71(89)47-83-63-33-11-5-21-53(63)41-65(83)73(91)79-61-29-9-10-30-62(61)80-74(92)66-42-54-22-6-12-34-64(54)84(66)48-72(90)82(44-68(86)76-38-36-50-18-14-26-56(40-50)94-2)46-70(88)78-60-32-16-24-52-20-4-8-28-58(52)60/h3-8,11-14,17-22,25-28,33-34,39-42,59-62H,9-10,15-16,23-24,29-32,35-38,43-48H2,1-2H3,(H,75,85)(H,76,86)(H,77,87)(H,78,88)(H,79,91)(H,80,92)/t59?,60?,61-,62-/m0/s1. The van der Waals surface area contributed by atoms with Crippen molar-refractivity contribution in [1.82, 2.24) is 50.8 Å². The summed E-state index contributed by atoms with van der Waals surface area (Å²) < 4.78 is 14.0. The molecule has 6 aromatic carbocycles. The first kappa shape index (κ1) is 65.3. The fourth-order valence-corrected chi connectivity index (χ4v) is 13.5. The monoisotopic (exact) mass is 1270 g/mol. The number of amides is 8. The van der Waals surface area contributed by atoms with Crippen molar-refractivity contribution in [3.05, 3.63) is 202 Å². The van der Waals surface area contributed by atoms with E-state index in [2.05, 4.69) is 44.0 Å². The number of carbonyl (C=O) groups excluding carboxylic acids is 8. The highest BCUT2D eigenvalue weighted by Crippen LogP contribution is 2.32. The van der Waals surface area contributed by atoms with Gasteiger partial charge in [-0.25, -0.2) is 0 Å². The zero-order valence-electron chi connectivity index (χ0n) is 53.3. The molecule has 2 unspecified atom stereocenters. The first-order valence-corrected chi connectivity index (χ1v) is 32.6. The van der Waals surface area contributed by atoms with Crippen LogP contribution < -0.4 is 41.4 Å². The summed E-state index contributed by atoms with van der Waals surface area (Å²) >= 11 is 0. The Bertz CT molecular complexity index is 3820. The predicted octanol–water partition coefficient (Wildman–Crippen LogP) is 7.85. The number of para-hydroxylation sites is 2. The molecule has 3 aliphatic carbocycles. The molecule has 4 atom stereocenters. The summed E-state index contributed by atoms with van der Waals surface area (Å²) in [6, 6.07) is 47.4. The number of methoxy groups -OCH3 is 2. The number of aryl methyl sites for hydroxylation is 2. The van der Waals surface area contributed by atoms with Gasteiger partial charge in [0.2, 0.25) is 35.4 Å². The van der Waals surface area contributed by atoms with Crippen LogP contribution in [-0.2, 0) is 67.5 Å². The number of hydrogen-bond donors (Lipinski definition) is 6. The number of nitrogens with one attached hydrogen (secondary N) is 6. The van der Waals surface area contributed by atoms with Crippen molar-refractivity contribution >= 4 is 69.1 Å². The summed E-state index contributed by atoms with van der Waals surface area (Å²) in [6.45, 7) is -1.88. The van der Waals surface area contributed by atoms with Gasteiger partial charge in [0, 0.05) is 47.0 Å². The molecule has 1 fully saturated rings. The van der Waals surface area contributed by atoms with Crippen LogP contribution in [0.1, 0.15) is 118 Å². The molecule has 20 heteroatoms. The van der Waals surface area contributed by atoms with Crippen LogP contribution in [0.15, 0.2) is 158 Å². The van der Waals surface area contributed by atoms with Crippen LogP contribution in [0.5, 0.6) is 11.5 Å². The van der Waals surface area contributed by atoms with Crippen LogP contribution in [-0.4, -0.2) is 132 Å². The number of benzene rings is 6. The van der Waals surface area contributed by atoms with Crippen LogP contribution in [0.3, 0.4) is 0 Å². The lowest BCUT2D eigenvalue weighted by atomic mass is 9.88. The second-order valence-corrected chi connectivity index (χ2v) is 24.6. The average molecular weight is 1270 g/mol. The number of aromatic nitrogens is 2. The van der Waals surface area contributed by atoms with Crippen molar-refractivity contribution in [3.8, 4) is 11.5 Å². The maximum absolute atomic E-state index is 14.9. The summed E-state index contributed by atoms with van der Waals surface area (Å²) in [4.78, 5) is 118. The SMILES string of the molecule is COc1cccc(CCNC(=O)CN(CC(=O)NC2CCCc3ccccc32)C(=O)Cn2c(C(=O)N[C@H]3CCCC[C@@H]3NC(=O)c3cc4ccccc4n3CC(=O)N(CC(=O)NCCc3cccc(OC)c3)CC(=O)NC3CCCc4ccccc43)cc3ccccc32)c1. The average Bonchev–Trinajstić information content (AvgIpc) is 1.66. The summed E-state index contributed by atoms with van der Waals surface area (Å²) in [5, 5.41) is 19.9. The van der Waals surface area contributed by atoms with E-state index in [1.165, 1.54) is 9.80 Å². The number of carbonyl (C=O) groups is 8. The Kier molecular flexibility index (Phi) is 21.5. The lowest BCUT2D eigenvalue weighted by Crippen LogP contribution is -2.53. The smallest absolute Gasteiger partial charge is 0.268 e. The molecule has 20 nitrogen and oxygen atoms in total. The summed E-state index contributed by atoms with van der Waals surface area (Å²) in [5.41, 5.74) is 7.76. The molecule has 0 spiro atoms. The highest BCUT2D eigenvalue weighted by molar-refractivity contribution is 6.02. The van der Waals surface area contributed by atoms with E-state index in [4.69, 9.17) is 9.47 Å². The van der Waals surface area contributed by atoms with E-state index >= 15 is 0 Å². The van der Waals surface area contributed by atoms with Gasteiger partial charge >= 0.3 is 0 Å². The number of nitrogens with zero attached hydrogens (tertiary/aromatic N) is 4. The molecule has 488 valence electrons. The van der Waals surface area contributed by atoms with Crippen LogP contribution in [0.4, 0.5) is 0 Å². The Morgan fingerprint density at radius 3 is 1.28 bits per heavy atom. The lowest BCUT2D eigenvalue weighted by Gasteiger charge is -2.33. The van der Waals surface area contributed by atoms with E-state index < -0.39 is 85.5 Å². The van der Waals surface area contributed by atoms with Crippen molar-refractivity contribution < 1.29 is 47.8 Å². The Balaban J connectivity index is 0.794. The molecule has 0 bridgehead atoms. The van der Waals surface area contributed by atoms with Gasteiger partial charge in [0.15, 0.2) is 0 Å². The molecule has 6 N–H and O–H groups in total. The van der Waals surface area contributed by atoms with Crippen molar-refractivity contribution in [1.29, 1.82) is 0 Å². The van der Waals surface area contributed by atoms with Crippen LogP contribution in [0, 0.1) is 0 Å². The van der Waals surface area contributed by atoms with Crippen molar-refractivity contribution in [3.63, 3.8) is 0 Å². The Morgan fingerprint density at radius 2 is 0.840 bits per heavy atom. The third kappa shape index (κ3) is 16.3. The largest absolute Gasteiger partial charge is 0.497 e. The molecule has 11 rings (SSSR count). The molecule has 2 aromatic heterocycles. The van der Waals surface area contributed by atoms with Gasteiger partial charge in [0.25, 0.3) is 11.8 Å². The second-order valence-electron chi connectivity index (χ2n) is 24.6. The number of ether oxygens (including phenoxy) is 2. The fraction of sp³-hybridized carbons (Fsp3) is 0.351. The van der Waals surface area contributed by atoms with Crippen molar-refractivity contribution in [2.75, 3.05) is 53.5 Å². The van der Waals surface area contributed by atoms with Gasteiger partial charge in [-0.15, -0.1) is 0 Å². The van der Waals surface area contributed by atoms with E-state index in [1.54, 1.807) is 47.6 Å². The van der Waals surface area contributed by atoms with E-state index in [0.29, 0.717) is 59.0 Å². The third-order valence-electron chi connectivity index (χ3n) is 18.3. The van der Waals surface area contributed by atoms with Gasteiger partial charge in [-0.1, -0.05) is 122 Å². The zero-order chi connectivity index (χ0) is 65.5. The molecule has 0 saturated heterocycles. The van der Waals surface area contributed by atoms with Gasteiger partial charge in [0.05, 0.1) is 26.3 Å². The molecule has 8 aromatic rings.